The minimum Gasteiger partial charge on any atom is -0.371 e. The molecule has 0 radical (unpaired) electrons. The van der Waals surface area contributed by atoms with Gasteiger partial charge in [0.1, 0.15) is 0 Å². The molecule has 6 heteroatoms. The van der Waals surface area contributed by atoms with Gasteiger partial charge in [0, 0.05) is 35.7 Å². The number of halogens is 1. The Morgan fingerprint density at radius 2 is 2.05 bits per heavy atom. The zero-order chi connectivity index (χ0) is 13.5. The molecule has 0 atom stereocenters. The van der Waals surface area contributed by atoms with Gasteiger partial charge in [0.2, 0.25) is 5.13 Å². The molecule has 1 aromatic carbocycles. The average molecular weight is 339 g/mol. The lowest BCUT2D eigenvalue weighted by molar-refractivity contribution is 0.875. The summed E-state index contributed by atoms with van der Waals surface area (Å²) >= 11 is 4.94. The molecular formula is C13H15BrN4S. The molecule has 0 saturated carbocycles. The number of nitrogens with zero attached hydrogens (tertiary/aromatic N) is 4. The highest BCUT2D eigenvalue weighted by atomic mass is 79.9. The third kappa shape index (κ3) is 4.11. The van der Waals surface area contributed by atoms with Crippen LogP contribution in [0, 0.1) is 0 Å². The monoisotopic (exact) mass is 338 g/mol. The van der Waals surface area contributed by atoms with Crippen molar-refractivity contribution in [3.8, 4) is 0 Å². The molecular weight excluding hydrogens is 324 g/mol. The standard InChI is InChI=1S/C13H15BrN4S/c1-2-18(9-7-14)12-5-3-11(4-6-12)16-17-13-15-8-10-19-13/h3-6,8,10H,2,7,9H2,1H3/b17-16+. The van der Waals surface area contributed by atoms with E-state index in [0.29, 0.717) is 5.13 Å². The van der Waals surface area contributed by atoms with E-state index in [9.17, 15) is 0 Å². The second-order valence-electron chi connectivity index (χ2n) is 3.80. The van der Waals surface area contributed by atoms with Gasteiger partial charge in [-0.15, -0.1) is 21.6 Å². The van der Waals surface area contributed by atoms with Gasteiger partial charge in [-0.3, -0.25) is 0 Å². The fourth-order valence-electron chi connectivity index (χ4n) is 1.67. The van der Waals surface area contributed by atoms with Gasteiger partial charge in [-0.1, -0.05) is 15.9 Å². The number of thiazole rings is 1. The second kappa shape index (κ2) is 7.35. The summed E-state index contributed by atoms with van der Waals surface area (Å²) in [6, 6.07) is 8.09. The van der Waals surface area contributed by atoms with Crippen molar-refractivity contribution < 1.29 is 0 Å². The molecule has 0 N–H and O–H groups in total. The molecule has 0 bridgehead atoms. The summed E-state index contributed by atoms with van der Waals surface area (Å²) in [5.74, 6) is 0. The maximum absolute atomic E-state index is 4.17. The van der Waals surface area contributed by atoms with E-state index in [1.54, 1.807) is 6.20 Å². The summed E-state index contributed by atoms with van der Waals surface area (Å²) in [5.41, 5.74) is 2.05. The van der Waals surface area contributed by atoms with Gasteiger partial charge in [-0.2, -0.15) is 0 Å². The van der Waals surface area contributed by atoms with Crippen LogP contribution in [0.4, 0.5) is 16.5 Å². The highest BCUT2D eigenvalue weighted by molar-refractivity contribution is 9.09. The van der Waals surface area contributed by atoms with Gasteiger partial charge >= 0.3 is 0 Å². The van der Waals surface area contributed by atoms with Crippen molar-refractivity contribution in [1.29, 1.82) is 0 Å². The molecule has 0 saturated heterocycles. The molecule has 0 aliphatic heterocycles. The molecule has 1 aromatic heterocycles. The van der Waals surface area contributed by atoms with E-state index in [4.69, 9.17) is 0 Å². The van der Waals surface area contributed by atoms with Crippen LogP contribution in [0.5, 0.6) is 0 Å². The van der Waals surface area contributed by atoms with Crippen molar-refractivity contribution in [2.24, 2.45) is 10.2 Å². The zero-order valence-electron chi connectivity index (χ0n) is 10.7. The first kappa shape index (κ1) is 14.1. The molecule has 19 heavy (non-hydrogen) atoms. The molecule has 0 aliphatic carbocycles. The van der Waals surface area contributed by atoms with E-state index in [1.165, 1.54) is 17.0 Å². The smallest absolute Gasteiger partial charge is 0.229 e. The van der Waals surface area contributed by atoms with Gasteiger partial charge in [0.25, 0.3) is 0 Å². The highest BCUT2D eigenvalue weighted by Gasteiger charge is 2.02. The van der Waals surface area contributed by atoms with Gasteiger partial charge in [-0.05, 0) is 31.2 Å². The van der Waals surface area contributed by atoms with Gasteiger partial charge in [0.05, 0.1) is 5.69 Å². The van der Waals surface area contributed by atoms with Crippen LogP contribution in [0.25, 0.3) is 0 Å². The van der Waals surface area contributed by atoms with Crippen molar-refractivity contribution >= 4 is 43.8 Å². The summed E-state index contributed by atoms with van der Waals surface area (Å²) < 4.78 is 0. The SMILES string of the molecule is CCN(CCBr)c1ccc(/N=N/c2nccs2)cc1. The number of hydrogen-bond acceptors (Lipinski definition) is 5. The number of rotatable bonds is 6. The van der Waals surface area contributed by atoms with Crippen LogP contribution < -0.4 is 4.90 Å². The lowest BCUT2D eigenvalue weighted by Gasteiger charge is -2.21. The summed E-state index contributed by atoms with van der Waals surface area (Å²) in [6.45, 7) is 4.14. The van der Waals surface area contributed by atoms with Gasteiger partial charge < -0.3 is 4.90 Å². The minimum absolute atomic E-state index is 0.679. The molecule has 0 fully saturated rings. The van der Waals surface area contributed by atoms with Crippen LogP contribution in [0.15, 0.2) is 46.1 Å². The number of alkyl halides is 1. The van der Waals surface area contributed by atoms with E-state index in [0.717, 1.165) is 24.1 Å². The highest BCUT2D eigenvalue weighted by Crippen LogP contribution is 2.23. The van der Waals surface area contributed by atoms with Crippen LogP contribution in [-0.4, -0.2) is 23.4 Å². The zero-order valence-corrected chi connectivity index (χ0v) is 13.1. The van der Waals surface area contributed by atoms with Crippen molar-refractivity contribution in [2.75, 3.05) is 23.3 Å². The molecule has 0 spiro atoms. The third-order valence-electron chi connectivity index (χ3n) is 2.62. The quantitative estimate of drug-likeness (QED) is 0.561. The van der Waals surface area contributed by atoms with Gasteiger partial charge in [0.15, 0.2) is 0 Å². The Kier molecular flexibility index (Phi) is 5.47. The predicted molar refractivity (Wildman–Crippen MR) is 84.4 cm³/mol. The Hall–Kier alpha value is -1.27. The lowest BCUT2D eigenvalue weighted by Crippen LogP contribution is -2.24. The van der Waals surface area contributed by atoms with E-state index < -0.39 is 0 Å². The first-order valence-electron chi connectivity index (χ1n) is 6.05. The predicted octanol–water partition coefficient (Wildman–Crippen LogP) is 4.78. The number of benzene rings is 1. The average Bonchev–Trinajstić information content (AvgIpc) is 2.96. The number of aromatic nitrogens is 1. The molecule has 1 heterocycles. The third-order valence-corrected chi connectivity index (χ3v) is 3.63. The number of hydrogen-bond donors (Lipinski definition) is 0. The van der Waals surface area contributed by atoms with E-state index in [1.807, 2.05) is 17.5 Å². The Balaban J connectivity index is 2.05. The Bertz CT molecular complexity index is 510. The number of azo groups is 1. The Morgan fingerprint density at radius 3 is 2.63 bits per heavy atom. The summed E-state index contributed by atoms with van der Waals surface area (Å²) in [4.78, 5) is 6.36. The van der Waals surface area contributed by atoms with E-state index in [-0.39, 0.29) is 0 Å². The van der Waals surface area contributed by atoms with E-state index >= 15 is 0 Å². The fraction of sp³-hybridized carbons (Fsp3) is 0.308. The Labute approximate surface area is 125 Å². The van der Waals surface area contributed by atoms with E-state index in [2.05, 4.69) is 55.1 Å². The molecule has 2 aromatic rings. The summed E-state index contributed by atoms with van der Waals surface area (Å²) in [5, 5.41) is 11.8. The molecule has 0 amide bonds. The van der Waals surface area contributed by atoms with Crippen LogP contribution in [-0.2, 0) is 0 Å². The fourth-order valence-corrected chi connectivity index (χ4v) is 2.55. The molecule has 100 valence electrons. The summed E-state index contributed by atoms with van der Waals surface area (Å²) in [6.07, 6.45) is 1.72. The first-order valence-corrected chi connectivity index (χ1v) is 8.06. The van der Waals surface area contributed by atoms with Crippen molar-refractivity contribution in [2.45, 2.75) is 6.92 Å². The first-order chi connectivity index (χ1) is 9.33. The van der Waals surface area contributed by atoms with Crippen molar-refractivity contribution in [1.82, 2.24) is 4.98 Å². The van der Waals surface area contributed by atoms with Crippen LogP contribution >= 0.6 is 27.3 Å². The molecule has 2 rings (SSSR count). The topological polar surface area (TPSA) is 40.9 Å². The maximum atomic E-state index is 4.17. The van der Waals surface area contributed by atoms with Crippen LogP contribution in [0.2, 0.25) is 0 Å². The van der Waals surface area contributed by atoms with Crippen molar-refractivity contribution in [3.05, 3.63) is 35.8 Å². The second-order valence-corrected chi connectivity index (χ2v) is 5.47. The van der Waals surface area contributed by atoms with Crippen molar-refractivity contribution in [3.63, 3.8) is 0 Å². The largest absolute Gasteiger partial charge is 0.371 e. The minimum atomic E-state index is 0.679. The summed E-state index contributed by atoms with van der Waals surface area (Å²) in [7, 11) is 0. The number of anilines is 1. The lowest BCUT2D eigenvalue weighted by atomic mass is 10.2. The molecule has 0 unspecified atom stereocenters. The molecule has 4 nitrogen and oxygen atoms in total. The van der Waals surface area contributed by atoms with Crippen LogP contribution in [0.1, 0.15) is 6.92 Å². The maximum Gasteiger partial charge on any atom is 0.229 e. The normalized spacial score (nSPS) is 11.1. The Morgan fingerprint density at radius 1 is 1.26 bits per heavy atom. The van der Waals surface area contributed by atoms with Crippen LogP contribution in [0.3, 0.4) is 0 Å². The molecule has 0 aliphatic rings. The van der Waals surface area contributed by atoms with Gasteiger partial charge in [-0.25, -0.2) is 4.98 Å².